The van der Waals surface area contributed by atoms with E-state index in [-0.39, 0.29) is 11.3 Å². The SMILES string of the molecule is O=C(O)c1cccc([N+](=O)[O-])c1NC(CO)CO. The van der Waals surface area contributed by atoms with E-state index in [1.807, 2.05) is 0 Å². The molecule has 18 heavy (non-hydrogen) atoms. The molecule has 1 aromatic rings. The molecule has 1 aromatic carbocycles. The van der Waals surface area contributed by atoms with E-state index < -0.39 is 35.8 Å². The summed E-state index contributed by atoms with van der Waals surface area (Å²) in [6.45, 7) is -0.969. The number of anilines is 1. The third-order valence-corrected chi connectivity index (χ3v) is 2.26. The molecule has 0 aliphatic rings. The third-order valence-electron chi connectivity index (χ3n) is 2.26. The minimum absolute atomic E-state index is 0.233. The fourth-order valence-corrected chi connectivity index (χ4v) is 1.38. The Morgan fingerprint density at radius 1 is 1.39 bits per heavy atom. The first kappa shape index (κ1) is 13.9. The van der Waals surface area contributed by atoms with Gasteiger partial charge in [0.1, 0.15) is 5.69 Å². The van der Waals surface area contributed by atoms with E-state index in [9.17, 15) is 14.9 Å². The van der Waals surface area contributed by atoms with Gasteiger partial charge in [0, 0.05) is 6.07 Å². The summed E-state index contributed by atoms with van der Waals surface area (Å²) in [6, 6.07) is 2.72. The smallest absolute Gasteiger partial charge is 0.338 e. The number of aliphatic hydroxyl groups excluding tert-OH is 2. The van der Waals surface area contributed by atoms with Gasteiger partial charge in [-0.2, -0.15) is 0 Å². The van der Waals surface area contributed by atoms with Crippen LogP contribution in [-0.4, -0.2) is 45.5 Å². The fraction of sp³-hybridized carbons (Fsp3) is 0.300. The normalized spacial score (nSPS) is 10.4. The molecule has 0 heterocycles. The van der Waals surface area contributed by atoms with Crippen molar-refractivity contribution < 1.29 is 25.0 Å². The fourth-order valence-electron chi connectivity index (χ4n) is 1.38. The molecule has 1 rings (SSSR count). The predicted octanol–water partition coefficient (Wildman–Crippen LogP) is 0.0581. The minimum Gasteiger partial charge on any atom is -0.478 e. The molecule has 0 aromatic heterocycles. The maximum absolute atomic E-state index is 11.0. The van der Waals surface area contributed by atoms with Crippen molar-refractivity contribution in [2.45, 2.75) is 6.04 Å². The average Bonchev–Trinajstić information content (AvgIpc) is 2.35. The van der Waals surface area contributed by atoms with Crippen molar-refractivity contribution in [3.8, 4) is 0 Å². The van der Waals surface area contributed by atoms with Gasteiger partial charge in [0.25, 0.3) is 5.69 Å². The molecule has 8 nitrogen and oxygen atoms in total. The zero-order valence-electron chi connectivity index (χ0n) is 9.24. The van der Waals surface area contributed by atoms with E-state index in [0.717, 1.165) is 6.07 Å². The van der Waals surface area contributed by atoms with Crippen LogP contribution in [0.15, 0.2) is 18.2 Å². The van der Waals surface area contributed by atoms with Crippen molar-refractivity contribution in [1.82, 2.24) is 0 Å². The first-order valence-electron chi connectivity index (χ1n) is 5.00. The van der Waals surface area contributed by atoms with E-state index in [0.29, 0.717) is 0 Å². The van der Waals surface area contributed by atoms with Crippen LogP contribution in [0, 0.1) is 10.1 Å². The molecule has 0 bridgehead atoms. The molecule has 0 aliphatic heterocycles. The maximum Gasteiger partial charge on any atom is 0.338 e. The van der Waals surface area contributed by atoms with Crippen LogP contribution in [0.25, 0.3) is 0 Å². The lowest BCUT2D eigenvalue weighted by atomic mass is 10.1. The number of nitro groups is 1. The van der Waals surface area contributed by atoms with Crippen molar-refractivity contribution in [2.24, 2.45) is 0 Å². The topological polar surface area (TPSA) is 133 Å². The molecule has 98 valence electrons. The van der Waals surface area contributed by atoms with E-state index >= 15 is 0 Å². The van der Waals surface area contributed by atoms with Gasteiger partial charge in [0.15, 0.2) is 0 Å². The van der Waals surface area contributed by atoms with Gasteiger partial charge in [-0.15, -0.1) is 0 Å². The third kappa shape index (κ3) is 2.93. The number of carbonyl (C=O) groups is 1. The predicted molar refractivity (Wildman–Crippen MR) is 61.6 cm³/mol. The molecule has 0 fully saturated rings. The summed E-state index contributed by atoms with van der Waals surface area (Å²) in [5.74, 6) is -1.34. The van der Waals surface area contributed by atoms with Crippen LogP contribution < -0.4 is 5.32 Å². The second-order valence-corrected chi connectivity index (χ2v) is 3.47. The van der Waals surface area contributed by atoms with Crippen LogP contribution in [0.3, 0.4) is 0 Å². The largest absolute Gasteiger partial charge is 0.478 e. The minimum atomic E-state index is -1.34. The summed E-state index contributed by atoms with van der Waals surface area (Å²) in [4.78, 5) is 21.0. The molecule has 4 N–H and O–H groups in total. The van der Waals surface area contributed by atoms with Crippen LogP contribution >= 0.6 is 0 Å². The summed E-state index contributed by atoms with van der Waals surface area (Å²) in [5.41, 5.74) is -0.957. The van der Waals surface area contributed by atoms with Gasteiger partial charge in [0.05, 0.1) is 29.7 Å². The van der Waals surface area contributed by atoms with Crippen LogP contribution in [0.1, 0.15) is 10.4 Å². The molecular formula is C10H12N2O6. The molecule has 0 saturated heterocycles. The molecule has 0 spiro atoms. The van der Waals surface area contributed by atoms with Gasteiger partial charge in [-0.3, -0.25) is 10.1 Å². The Kier molecular flexibility index (Phi) is 4.58. The van der Waals surface area contributed by atoms with Gasteiger partial charge in [-0.25, -0.2) is 4.79 Å². The first-order valence-corrected chi connectivity index (χ1v) is 5.00. The second kappa shape index (κ2) is 5.94. The lowest BCUT2D eigenvalue weighted by Gasteiger charge is -2.16. The number of rotatable bonds is 6. The molecular weight excluding hydrogens is 244 g/mol. The zero-order valence-corrected chi connectivity index (χ0v) is 9.24. The number of hydrogen-bond acceptors (Lipinski definition) is 6. The van der Waals surface area contributed by atoms with Crippen LogP contribution in [0.5, 0.6) is 0 Å². The number of para-hydroxylation sites is 1. The number of aromatic carboxylic acids is 1. The highest BCUT2D eigenvalue weighted by Crippen LogP contribution is 2.28. The number of aliphatic hydroxyl groups is 2. The number of nitrogens with one attached hydrogen (secondary N) is 1. The van der Waals surface area contributed by atoms with Crippen molar-refractivity contribution in [3.63, 3.8) is 0 Å². The van der Waals surface area contributed by atoms with Crippen LogP contribution in [-0.2, 0) is 0 Å². The first-order chi connectivity index (χ1) is 8.51. The lowest BCUT2D eigenvalue weighted by molar-refractivity contribution is -0.384. The van der Waals surface area contributed by atoms with Gasteiger partial charge in [-0.1, -0.05) is 6.07 Å². The molecule has 0 atom stereocenters. The standard InChI is InChI=1S/C10H12N2O6/c13-4-6(5-14)11-9-7(10(15)16)2-1-3-8(9)12(17)18/h1-3,6,11,13-14H,4-5H2,(H,15,16). The van der Waals surface area contributed by atoms with Gasteiger partial charge >= 0.3 is 5.97 Å². The monoisotopic (exact) mass is 256 g/mol. The highest BCUT2D eigenvalue weighted by atomic mass is 16.6. The summed E-state index contributed by atoms with van der Waals surface area (Å²) in [5, 5.41) is 40.0. The quantitative estimate of drug-likeness (QED) is 0.417. The lowest BCUT2D eigenvalue weighted by Crippen LogP contribution is -2.29. The summed E-state index contributed by atoms with van der Waals surface area (Å²) in [6.07, 6.45) is 0. The molecule has 0 amide bonds. The van der Waals surface area contributed by atoms with Crippen LogP contribution in [0.4, 0.5) is 11.4 Å². The van der Waals surface area contributed by atoms with E-state index in [4.69, 9.17) is 15.3 Å². The van der Waals surface area contributed by atoms with E-state index in [1.165, 1.54) is 12.1 Å². The molecule has 0 radical (unpaired) electrons. The van der Waals surface area contributed by atoms with Gasteiger partial charge < -0.3 is 20.6 Å². The van der Waals surface area contributed by atoms with Gasteiger partial charge in [0.2, 0.25) is 0 Å². The molecule has 8 heteroatoms. The molecule has 0 unspecified atom stereocenters. The van der Waals surface area contributed by atoms with Crippen molar-refractivity contribution >= 4 is 17.3 Å². The Morgan fingerprint density at radius 3 is 2.44 bits per heavy atom. The maximum atomic E-state index is 11.0. The molecule has 0 saturated carbocycles. The Morgan fingerprint density at radius 2 is 2.00 bits per heavy atom. The highest BCUT2D eigenvalue weighted by Gasteiger charge is 2.23. The Hall–Kier alpha value is -2.19. The Balaban J connectivity index is 3.26. The van der Waals surface area contributed by atoms with Gasteiger partial charge in [-0.05, 0) is 6.07 Å². The summed E-state index contributed by atoms with van der Waals surface area (Å²) < 4.78 is 0. The summed E-state index contributed by atoms with van der Waals surface area (Å²) in [7, 11) is 0. The van der Waals surface area contributed by atoms with Crippen molar-refractivity contribution in [3.05, 3.63) is 33.9 Å². The van der Waals surface area contributed by atoms with Crippen molar-refractivity contribution in [2.75, 3.05) is 18.5 Å². The Bertz CT molecular complexity index is 425. The van der Waals surface area contributed by atoms with E-state index in [2.05, 4.69) is 5.32 Å². The number of carboxylic acids is 1. The number of carboxylic acid groups (broad SMARTS) is 1. The number of hydrogen-bond donors (Lipinski definition) is 4. The molecule has 0 aliphatic carbocycles. The van der Waals surface area contributed by atoms with E-state index in [1.54, 1.807) is 0 Å². The Labute approximate surface area is 102 Å². The number of benzene rings is 1. The average molecular weight is 256 g/mol. The number of nitrogens with zero attached hydrogens (tertiary/aromatic N) is 1. The number of nitro benzene ring substituents is 1. The van der Waals surface area contributed by atoms with Crippen molar-refractivity contribution in [1.29, 1.82) is 0 Å². The summed E-state index contributed by atoms with van der Waals surface area (Å²) >= 11 is 0. The second-order valence-electron chi connectivity index (χ2n) is 3.47. The highest BCUT2D eigenvalue weighted by molar-refractivity contribution is 5.96. The zero-order chi connectivity index (χ0) is 13.7. The van der Waals surface area contributed by atoms with Crippen LogP contribution in [0.2, 0.25) is 0 Å².